The number of carbonyl (C=O) groups is 3. The van der Waals surface area contributed by atoms with Gasteiger partial charge in [-0.05, 0) is 32.3 Å². The van der Waals surface area contributed by atoms with Gasteiger partial charge in [0.05, 0.1) is 12.6 Å². The standard InChI is InChI=1S/C16H23ClN4O4.C7H8/c17-12-6-2-1-5-11(12)10-25-16(24)20-8-4-3-7-13(18)15(23)21-9-14(19)22;1-7-5-3-2-4-6-7/h1-2,5-6,13H,3-4,7-10,18H2,(H2,19,22)(H,20,24)(H,21,23);2-6H,1H3. The van der Waals surface area contributed by atoms with Crippen molar-refractivity contribution < 1.29 is 19.1 Å². The van der Waals surface area contributed by atoms with Gasteiger partial charge in [-0.15, -0.1) is 0 Å². The summed E-state index contributed by atoms with van der Waals surface area (Å²) in [5.41, 5.74) is 12.7. The highest BCUT2D eigenvalue weighted by Crippen LogP contribution is 2.15. The molecule has 2 aromatic rings. The molecule has 0 saturated heterocycles. The average molecular weight is 463 g/mol. The molecule has 0 saturated carbocycles. The molecule has 1 atom stereocenters. The van der Waals surface area contributed by atoms with Crippen molar-refractivity contribution in [2.75, 3.05) is 13.1 Å². The van der Waals surface area contributed by atoms with Gasteiger partial charge in [-0.2, -0.15) is 0 Å². The predicted octanol–water partition coefficient (Wildman–Crippen LogP) is 2.66. The number of primary amides is 1. The normalized spacial score (nSPS) is 10.8. The molecule has 1 unspecified atom stereocenters. The van der Waals surface area contributed by atoms with Crippen molar-refractivity contribution in [1.82, 2.24) is 10.6 Å². The first kappa shape index (κ1) is 26.9. The lowest BCUT2D eigenvalue weighted by Crippen LogP contribution is -2.43. The van der Waals surface area contributed by atoms with Gasteiger partial charge in [0.1, 0.15) is 6.61 Å². The number of hydrogen-bond donors (Lipinski definition) is 4. The number of halogens is 1. The summed E-state index contributed by atoms with van der Waals surface area (Å²) in [5.74, 6) is -1.05. The highest BCUT2D eigenvalue weighted by molar-refractivity contribution is 6.31. The second-order valence-corrected chi connectivity index (χ2v) is 7.44. The molecule has 0 aliphatic heterocycles. The lowest BCUT2D eigenvalue weighted by molar-refractivity contribution is -0.125. The molecule has 0 aliphatic rings. The van der Waals surface area contributed by atoms with Crippen molar-refractivity contribution in [3.05, 3.63) is 70.7 Å². The van der Waals surface area contributed by atoms with E-state index in [9.17, 15) is 14.4 Å². The highest BCUT2D eigenvalue weighted by Gasteiger charge is 2.13. The molecule has 32 heavy (non-hydrogen) atoms. The molecule has 0 aromatic heterocycles. The van der Waals surface area contributed by atoms with E-state index >= 15 is 0 Å². The molecule has 6 N–H and O–H groups in total. The van der Waals surface area contributed by atoms with E-state index in [0.29, 0.717) is 30.8 Å². The topological polar surface area (TPSA) is 137 Å². The molecule has 0 heterocycles. The molecule has 174 valence electrons. The summed E-state index contributed by atoms with van der Waals surface area (Å²) in [6.07, 6.45) is 1.16. The summed E-state index contributed by atoms with van der Waals surface area (Å²) in [6, 6.07) is 16.7. The maximum absolute atomic E-state index is 11.6. The Morgan fingerprint density at radius 3 is 2.25 bits per heavy atom. The number of aryl methyl sites for hydroxylation is 1. The lowest BCUT2D eigenvalue weighted by atomic mass is 10.1. The highest BCUT2D eigenvalue weighted by atomic mass is 35.5. The first-order chi connectivity index (χ1) is 15.3. The molecule has 0 aliphatic carbocycles. The quantitative estimate of drug-likeness (QED) is 0.402. The Morgan fingerprint density at radius 1 is 1.00 bits per heavy atom. The smallest absolute Gasteiger partial charge is 0.407 e. The third kappa shape index (κ3) is 12.6. The van der Waals surface area contributed by atoms with E-state index in [2.05, 4.69) is 29.7 Å². The zero-order valence-corrected chi connectivity index (χ0v) is 18.9. The van der Waals surface area contributed by atoms with Gasteiger partial charge in [0, 0.05) is 17.1 Å². The third-order valence-corrected chi connectivity index (χ3v) is 4.61. The van der Waals surface area contributed by atoms with E-state index in [1.807, 2.05) is 24.3 Å². The van der Waals surface area contributed by atoms with E-state index in [-0.39, 0.29) is 13.2 Å². The van der Waals surface area contributed by atoms with Gasteiger partial charge in [0.25, 0.3) is 0 Å². The number of nitrogens with one attached hydrogen (secondary N) is 2. The second-order valence-electron chi connectivity index (χ2n) is 7.04. The Hall–Kier alpha value is -3.10. The van der Waals surface area contributed by atoms with Crippen molar-refractivity contribution in [2.24, 2.45) is 11.5 Å². The number of ether oxygens (including phenoxy) is 1. The Labute approximate surface area is 193 Å². The molecular weight excluding hydrogens is 432 g/mol. The maximum atomic E-state index is 11.6. The molecular formula is C23H31ClN4O4. The van der Waals surface area contributed by atoms with Crippen LogP contribution in [-0.2, 0) is 20.9 Å². The molecule has 2 aromatic carbocycles. The first-order valence-electron chi connectivity index (χ1n) is 10.3. The number of alkyl carbamates (subject to hydrolysis) is 1. The third-order valence-electron chi connectivity index (χ3n) is 4.24. The van der Waals surface area contributed by atoms with Crippen LogP contribution < -0.4 is 22.1 Å². The number of benzene rings is 2. The Bertz CT molecular complexity index is 849. The minimum atomic E-state index is -0.716. The van der Waals surface area contributed by atoms with Crippen LogP contribution in [0, 0.1) is 6.92 Å². The van der Waals surface area contributed by atoms with Crippen LogP contribution in [0.1, 0.15) is 30.4 Å². The molecule has 0 radical (unpaired) electrons. The van der Waals surface area contributed by atoms with Gasteiger partial charge in [-0.25, -0.2) is 4.79 Å². The van der Waals surface area contributed by atoms with Gasteiger partial charge >= 0.3 is 6.09 Å². The molecule has 0 fully saturated rings. The summed E-state index contributed by atoms with van der Waals surface area (Å²) < 4.78 is 5.06. The monoisotopic (exact) mass is 462 g/mol. The lowest BCUT2D eigenvalue weighted by Gasteiger charge is -2.11. The second kappa shape index (κ2) is 15.7. The van der Waals surface area contributed by atoms with Gasteiger partial charge in [0.15, 0.2) is 0 Å². The number of carbonyl (C=O) groups excluding carboxylic acids is 3. The maximum Gasteiger partial charge on any atom is 0.407 e. The van der Waals surface area contributed by atoms with Crippen LogP contribution >= 0.6 is 11.6 Å². The van der Waals surface area contributed by atoms with Crippen molar-refractivity contribution >= 4 is 29.5 Å². The molecule has 0 spiro atoms. The summed E-state index contributed by atoms with van der Waals surface area (Å²) in [4.78, 5) is 33.7. The van der Waals surface area contributed by atoms with Crippen molar-refractivity contribution in [3.63, 3.8) is 0 Å². The fourth-order valence-electron chi connectivity index (χ4n) is 2.46. The number of amides is 3. The summed E-state index contributed by atoms with van der Waals surface area (Å²) >= 11 is 5.97. The van der Waals surface area contributed by atoms with Crippen LogP contribution in [0.3, 0.4) is 0 Å². The predicted molar refractivity (Wildman–Crippen MR) is 125 cm³/mol. The van der Waals surface area contributed by atoms with Crippen LogP contribution in [0.5, 0.6) is 0 Å². The fourth-order valence-corrected chi connectivity index (χ4v) is 2.65. The number of hydrogen-bond acceptors (Lipinski definition) is 5. The van der Waals surface area contributed by atoms with Crippen molar-refractivity contribution in [3.8, 4) is 0 Å². The molecule has 0 bridgehead atoms. The molecule has 3 amide bonds. The van der Waals surface area contributed by atoms with E-state index in [4.69, 9.17) is 27.8 Å². The molecule has 2 rings (SSSR count). The number of unbranched alkanes of at least 4 members (excludes halogenated alkanes) is 1. The molecule has 9 heteroatoms. The summed E-state index contributed by atoms with van der Waals surface area (Å²) in [7, 11) is 0. The summed E-state index contributed by atoms with van der Waals surface area (Å²) in [6.45, 7) is 2.35. The Kier molecular flexibility index (Phi) is 13.2. The Morgan fingerprint density at radius 2 is 1.66 bits per heavy atom. The minimum absolute atomic E-state index is 0.0937. The van der Waals surface area contributed by atoms with Gasteiger partial charge in [-0.3, -0.25) is 9.59 Å². The first-order valence-corrected chi connectivity index (χ1v) is 10.6. The Balaban J connectivity index is 0.000000616. The van der Waals surface area contributed by atoms with E-state index in [0.717, 1.165) is 5.56 Å². The van der Waals surface area contributed by atoms with Gasteiger partial charge < -0.3 is 26.8 Å². The SMILES string of the molecule is Cc1ccccc1.NC(=O)CNC(=O)C(N)CCCCNC(=O)OCc1ccccc1Cl. The fraction of sp³-hybridized carbons (Fsp3) is 0.348. The van der Waals surface area contributed by atoms with Crippen LogP contribution in [-0.4, -0.2) is 37.0 Å². The summed E-state index contributed by atoms with van der Waals surface area (Å²) in [5, 5.41) is 5.49. The van der Waals surface area contributed by atoms with Crippen LogP contribution in [0.25, 0.3) is 0 Å². The van der Waals surface area contributed by atoms with Gasteiger partial charge in [0.2, 0.25) is 11.8 Å². The van der Waals surface area contributed by atoms with Crippen LogP contribution in [0.2, 0.25) is 5.02 Å². The zero-order valence-electron chi connectivity index (χ0n) is 18.2. The number of nitrogens with two attached hydrogens (primary N) is 2. The van der Waals surface area contributed by atoms with Crippen molar-refractivity contribution in [2.45, 2.75) is 38.8 Å². The van der Waals surface area contributed by atoms with E-state index in [1.165, 1.54) is 5.56 Å². The zero-order chi connectivity index (χ0) is 23.8. The van der Waals surface area contributed by atoms with E-state index < -0.39 is 23.9 Å². The largest absolute Gasteiger partial charge is 0.445 e. The molecule has 8 nitrogen and oxygen atoms in total. The van der Waals surface area contributed by atoms with Gasteiger partial charge in [-0.1, -0.05) is 65.7 Å². The van der Waals surface area contributed by atoms with Crippen LogP contribution in [0.15, 0.2) is 54.6 Å². The van der Waals surface area contributed by atoms with Crippen molar-refractivity contribution in [1.29, 1.82) is 0 Å². The number of rotatable bonds is 10. The average Bonchev–Trinajstić information content (AvgIpc) is 2.77. The minimum Gasteiger partial charge on any atom is -0.445 e. The van der Waals surface area contributed by atoms with E-state index in [1.54, 1.807) is 18.2 Å². The van der Waals surface area contributed by atoms with Crippen LogP contribution in [0.4, 0.5) is 4.79 Å².